The summed E-state index contributed by atoms with van der Waals surface area (Å²) in [6.07, 6.45) is 0. The van der Waals surface area contributed by atoms with E-state index in [0.29, 0.717) is 15.6 Å². The van der Waals surface area contributed by atoms with Crippen molar-refractivity contribution in [2.75, 3.05) is 6.54 Å². The van der Waals surface area contributed by atoms with Crippen LogP contribution in [0.3, 0.4) is 0 Å². The average molecular weight is 338 g/mol. The van der Waals surface area contributed by atoms with E-state index in [1.165, 1.54) is 0 Å². The average Bonchev–Trinajstić information content (AvgIpc) is 2.52. The number of carbonyl (C=O) groups is 2. The molecular formula is C16H13Cl2NO3. The zero-order valence-corrected chi connectivity index (χ0v) is 13.0. The van der Waals surface area contributed by atoms with Crippen LogP contribution in [0.5, 0.6) is 0 Å². The maximum atomic E-state index is 11.8. The first-order valence-corrected chi connectivity index (χ1v) is 7.24. The molecule has 114 valence electrons. The van der Waals surface area contributed by atoms with E-state index in [1.54, 1.807) is 48.5 Å². The summed E-state index contributed by atoms with van der Waals surface area (Å²) in [6, 6.07) is 13.3. The second-order valence-corrected chi connectivity index (χ2v) is 5.35. The monoisotopic (exact) mass is 337 g/mol. The minimum atomic E-state index is -0.516. The number of carbonyl (C=O) groups excluding carboxylic acids is 2. The van der Waals surface area contributed by atoms with Gasteiger partial charge < -0.3 is 10.1 Å². The van der Waals surface area contributed by atoms with Gasteiger partial charge in [-0.25, -0.2) is 0 Å². The first-order chi connectivity index (χ1) is 10.5. The van der Waals surface area contributed by atoms with E-state index in [1.807, 2.05) is 0 Å². The summed E-state index contributed by atoms with van der Waals surface area (Å²) in [6.45, 7) is -0.0676. The predicted octanol–water partition coefficient (Wildman–Crippen LogP) is 3.47. The number of halogens is 2. The Labute approximate surface area is 138 Å². The van der Waals surface area contributed by atoms with Crippen molar-refractivity contribution < 1.29 is 14.3 Å². The predicted molar refractivity (Wildman–Crippen MR) is 85.0 cm³/mol. The fourth-order valence-corrected chi connectivity index (χ4v) is 1.90. The topological polar surface area (TPSA) is 55.4 Å². The van der Waals surface area contributed by atoms with Crippen LogP contribution in [0, 0.1) is 0 Å². The SMILES string of the molecule is O=C(CNC(=O)c1ccc(Cl)cc1)OCc1ccc(Cl)cc1. The lowest BCUT2D eigenvalue weighted by Gasteiger charge is -2.07. The lowest BCUT2D eigenvalue weighted by atomic mass is 10.2. The van der Waals surface area contributed by atoms with Crippen molar-refractivity contribution in [1.82, 2.24) is 5.32 Å². The molecule has 4 nitrogen and oxygen atoms in total. The Morgan fingerprint density at radius 1 is 0.909 bits per heavy atom. The molecule has 0 aliphatic heterocycles. The highest BCUT2D eigenvalue weighted by atomic mass is 35.5. The minimum absolute atomic E-state index is 0.132. The molecule has 0 fully saturated rings. The lowest BCUT2D eigenvalue weighted by molar-refractivity contribution is -0.143. The van der Waals surface area contributed by atoms with Gasteiger partial charge >= 0.3 is 5.97 Å². The van der Waals surface area contributed by atoms with Gasteiger partial charge in [0.2, 0.25) is 0 Å². The number of hydrogen-bond donors (Lipinski definition) is 1. The van der Waals surface area contributed by atoms with E-state index >= 15 is 0 Å². The van der Waals surface area contributed by atoms with Crippen molar-refractivity contribution in [3.63, 3.8) is 0 Å². The molecule has 6 heteroatoms. The van der Waals surface area contributed by atoms with Crippen LogP contribution < -0.4 is 5.32 Å². The van der Waals surface area contributed by atoms with Gasteiger partial charge in [-0.2, -0.15) is 0 Å². The Morgan fingerprint density at radius 2 is 1.45 bits per heavy atom. The molecule has 0 aliphatic carbocycles. The summed E-state index contributed by atoms with van der Waals surface area (Å²) < 4.78 is 5.06. The molecule has 0 spiro atoms. The summed E-state index contributed by atoms with van der Waals surface area (Å²) in [5.41, 5.74) is 1.25. The van der Waals surface area contributed by atoms with Crippen LogP contribution in [0.1, 0.15) is 15.9 Å². The first-order valence-electron chi connectivity index (χ1n) is 6.48. The standard InChI is InChI=1S/C16H13Cl2NO3/c17-13-5-1-11(2-6-13)10-22-15(20)9-19-16(21)12-3-7-14(18)8-4-12/h1-8H,9-10H2,(H,19,21). The molecule has 22 heavy (non-hydrogen) atoms. The maximum absolute atomic E-state index is 11.8. The second kappa shape index (κ2) is 7.82. The number of rotatable bonds is 5. The van der Waals surface area contributed by atoms with Gasteiger partial charge in [0, 0.05) is 15.6 Å². The fourth-order valence-electron chi connectivity index (χ4n) is 1.65. The third-order valence-electron chi connectivity index (χ3n) is 2.81. The first kappa shape index (κ1) is 16.3. The van der Waals surface area contributed by atoms with Gasteiger partial charge in [0.25, 0.3) is 5.91 Å². The Balaban J connectivity index is 1.76. The number of benzene rings is 2. The number of hydrogen-bond acceptors (Lipinski definition) is 3. The molecule has 0 heterocycles. The molecule has 0 bridgehead atoms. The molecule has 0 radical (unpaired) electrons. The third kappa shape index (κ3) is 5.06. The molecule has 1 amide bonds. The van der Waals surface area contributed by atoms with Crippen LogP contribution in [0.2, 0.25) is 10.0 Å². The van der Waals surface area contributed by atoms with E-state index in [-0.39, 0.29) is 19.1 Å². The van der Waals surface area contributed by atoms with E-state index < -0.39 is 5.97 Å². The van der Waals surface area contributed by atoms with Crippen LogP contribution in [0.25, 0.3) is 0 Å². The molecule has 2 aromatic rings. The molecule has 2 rings (SSSR count). The summed E-state index contributed by atoms with van der Waals surface area (Å²) in [5.74, 6) is -0.877. The fraction of sp³-hybridized carbons (Fsp3) is 0.125. The van der Waals surface area contributed by atoms with Crippen LogP contribution >= 0.6 is 23.2 Å². The molecule has 0 aromatic heterocycles. The molecule has 0 saturated carbocycles. The molecule has 0 saturated heterocycles. The molecule has 0 aliphatic rings. The Morgan fingerprint density at radius 3 is 2.05 bits per heavy atom. The van der Waals surface area contributed by atoms with Crippen molar-refractivity contribution in [2.45, 2.75) is 6.61 Å². The Hall–Kier alpha value is -2.04. The van der Waals surface area contributed by atoms with E-state index in [9.17, 15) is 9.59 Å². The van der Waals surface area contributed by atoms with Gasteiger partial charge in [0.05, 0.1) is 0 Å². The Kier molecular flexibility index (Phi) is 5.81. The van der Waals surface area contributed by atoms with Crippen molar-refractivity contribution in [2.24, 2.45) is 0 Å². The molecule has 0 atom stereocenters. The number of ether oxygens (including phenoxy) is 1. The highest BCUT2D eigenvalue weighted by Gasteiger charge is 2.09. The van der Waals surface area contributed by atoms with Crippen LogP contribution in [-0.2, 0) is 16.1 Å². The van der Waals surface area contributed by atoms with Crippen molar-refractivity contribution in [3.05, 3.63) is 69.7 Å². The number of nitrogens with one attached hydrogen (secondary N) is 1. The highest BCUT2D eigenvalue weighted by molar-refractivity contribution is 6.30. The lowest BCUT2D eigenvalue weighted by Crippen LogP contribution is -2.30. The van der Waals surface area contributed by atoms with Gasteiger partial charge in [-0.3, -0.25) is 9.59 Å². The molecule has 0 unspecified atom stereocenters. The smallest absolute Gasteiger partial charge is 0.325 e. The van der Waals surface area contributed by atoms with Gasteiger partial charge in [-0.15, -0.1) is 0 Å². The molecular weight excluding hydrogens is 325 g/mol. The van der Waals surface area contributed by atoms with Crippen molar-refractivity contribution in [3.8, 4) is 0 Å². The van der Waals surface area contributed by atoms with E-state index in [0.717, 1.165) is 5.56 Å². The van der Waals surface area contributed by atoms with Crippen LogP contribution in [-0.4, -0.2) is 18.4 Å². The molecule has 2 aromatic carbocycles. The second-order valence-electron chi connectivity index (χ2n) is 4.48. The van der Waals surface area contributed by atoms with Gasteiger partial charge in [0.15, 0.2) is 0 Å². The number of esters is 1. The van der Waals surface area contributed by atoms with Crippen LogP contribution in [0.4, 0.5) is 0 Å². The van der Waals surface area contributed by atoms with Gasteiger partial charge in [-0.05, 0) is 42.0 Å². The minimum Gasteiger partial charge on any atom is -0.460 e. The quantitative estimate of drug-likeness (QED) is 0.850. The van der Waals surface area contributed by atoms with Crippen molar-refractivity contribution in [1.29, 1.82) is 0 Å². The van der Waals surface area contributed by atoms with Gasteiger partial charge in [-0.1, -0.05) is 35.3 Å². The van der Waals surface area contributed by atoms with Crippen molar-refractivity contribution >= 4 is 35.1 Å². The normalized spacial score (nSPS) is 10.1. The van der Waals surface area contributed by atoms with E-state index in [4.69, 9.17) is 27.9 Å². The molecule has 1 N–H and O–H groups in total. The van der Waals surface area contributed by atoms with E-state index in [2.05, 4.69) is 5.32 Å². The largest absolute Gasteiger partial charge is 0.460 e. The summed E-state index contributed by atoms with van der Waals surface area (Å²) in [4.78, 5) is 23.4. The zero-order valence-electron chi connectivity index (χ0n) is 11.5. The van der Waals surface area contributed by atoms with Gasteiger partial charge in [0.1, 0.15) is 13.2 Å². The number of amides is 1. The zero-order chi connectivity index (χ0) is 15.9. The third-order valence-corrected chi connectivity index (χ3v) is 3.32. The summed E-state index contributed by atoms with van der Waals surface area (Å²) in [5, 5.41) is 3.64. The summed E-state index contributed by atoms with van der Waals surface area (Å²) in [7, 11) is 0. The summed E-state index contributed by atoms with van der Waals surface area (Å²) >= 11 is 11.5. The van der Waals surface area contributed by atoms with Crippen LogP contribution in [0.15, 0.2) is 48.5 Å². The maximum Gasteiger partial charge on any atom is 0.325 e. The highest BCUT2D eigenvalue weighted by Crippen LogP contribution is 2.10. The Bertz CT molecular complexity index is 654.